The minimum Gasteiger partial charge on any atom is -0.423 e. The Morgan fingerprint density at radius 1 is 1.26 bits per heavy atom. The smallest absolute Gasteiger partial charge is 0.423 e. The zero-order valence-electron chi connectivity index (χ0n) is 14.2. The summed E-state index contributed by atoms with van der Waals surface area (Å²) in [7, 11) is 0.0524. The van der Waals surface area contributed by atoms with Crippen LogP contribution in [0.3, 0.4) is 0 Å². The molecule has 27 heavy (non-hydrogen) atoms. The van der Waals surface area contributed by atoms with E-state index >= 15 is 0 Å². The van der Waals surface area contributed by atoms with Crippen molar-refractivity contribution in [1.82, 2.24) is 34.7 Å². The maximum atomic E-state index is 12.3. The normalized spacial score (nSPS) is 12.5. The first-order chi connectivity index (χ1) is 13.0. The van der Waals surface area contributed by atoms with Crippen molar-refractivity contribution in [1.29, 1.82) is 0 Å². The fourth-order valence-corrected chi connectivity index (χ4v) is 2.51. The number of hydrogen-bond donors (Lipinski definition) is 2. The van der Waals surface area contributed by atoms with Gasteiger partial charge in [-0.1, -0.05) is 11.3 Å². The molecular weight excluding hydrogens is 363 g/mol. The number of aromatic nitrogens is 7. The second-order valence-electron chi connectivity index (χ2n) is 5.62. The fourth-order valence-electron chi connectivity index (χ4n) is 2.51. The first kappa shape index (κ1) is 19.0. The van der Waals surface area contributed by atoms with E-state index in [-0.39, 0.29) is 18.5 Å². The minimum atomic E-state index is -2.88. The van der Waals surface area contributed by atoms with E-state index in [2.05, 4.69) is 30.1 Å². The SMILES string of the molecule is Cn1ncnc1-c1cn(C(CCOC(F)F)c2ccc(B(O)O)cn2)nn1. The van der Waals surface area contributed by atoms with E-state index in [1.807, 2.05) is 0 Å². The van der Waals surface area contributed by atoms with Crippen LogP contribution < -0.4 is 5.46 Å². The van der Waals surface area contributed by atoms with Crippen LogP contribution in [0.15, 0.2) is 30.9 Å². The second kappa shape index (κ2) is 8.29. The molecule has 0 aliphatic rings. The Hall–Kier alpha value is -2.77. The number of ether oxygens (including phenoxy) is 1. The zero-order valence-corrected chi connectivity index (χ0v) is 14.2. The Morgan fingerprint density at radius 2 is 2.07 bits per heavy atom. The van der Waals surface area contributed by atoms with Crippen molar-refractivity contribution < 1.29 is 23.6 Å². The largest absolute Gasteiger partial charge is 0.490 e. The Morgan fingerprint density at radius 3 is 2.67 bits per heavy atom. The van der Waals surface area contributed by atoms with Gasteiger partial charge in [0.1, 0.15) is 12.0 Å². The lowest BCUT2D eigenvalue weighted by atomic mass is 9.81. The maximum absolute atomic E-state index is 12.3. The highest BCUT2D eigenvalue weighted by molar-refractivity contribution is 6.58. The zero-order chi connectivity index (χ0) is 19.4. The van der Waals surface area contributed by atoms with Crippen molar-refractivity contribution in [3.63, 3.8) is 0 Å². The summed E-state index contributed by atoms with van der Waals surface area (Å²) in [4.78, 5) is 8.27. The van der Waals surface area contributed by atoms with E-state index in [0.717, 1.165) is 0 Å². The average molecular weight is 379 g/mol. The van der Waals surface area contributed by atoms with E-state index < -0.39 is 19.8 Å². The molecule has 0 fully saturated rings. The number of aryl methyl sites for hydroxylation is 1. The van der Waals surface area contributed by atoms with Gasteiger partial charge < -0.3 is 14.8 Å². The molecule has 13 heteroatoms. The molecule has 0 aliphatic carbocycles. The minimum absolute atomic E-state index is 0.153. The number of rotatable bonds is 8. The van der Waals surface area contributed by atoms with E-state index in [4.69, 9.17) is 0 Å². The number of hydrogen-bond acceptors (Lipinski definition) is 8. The molecule has 0 amide bonds. The van der Waals surface area contributed by atoms with Crippen LogP contribution in [0.1, 0.15) is 18.2 Å². The summed E-state index contributed by atoms with van der Waals surface area (Å²) >= 11 is 0. The van der Waals surface area contributed by atoms with Crippen LogP contribution in [0.25, 0.3) is 11.5 Å². The van der Waals surface area contributed by atoms with Crippen molar-refractivity contribution in [3.8, 4) is 11.5 Å². The Labute approximate surface area is 152 Å². The standard InChI is InChI=1S/C14H16BF2N7O3/c1-23-13(19-8-20-23)11-7-24(22-21-11)12(4-5-27-14(16)17)10-3-2-9(6-18-10)15(25)26/h2-3,6-8,12,14,25-26H,4-5H2,1H3. The summed E-state index contributed by atoms with van der Waals surface area (Å²) < 4.78 is 32.0. The first-order valence-corrected chi connectivity index (χ1v) is 7.93. The van der Waals surface area contributed by atoms with Gasteiger partial charge in [0.15, 0.2) is 5.82 Å². The molecule has 0 bridgehead atoms. The molecule has 142 valence electrons. The number of halogens is 2. The molecule has 0 saturated heterocycles. The average Bonchev–Trinajstić information content (AvgIpc) is 3.27. The van der Waals surface area contributed by atoms with Crippen LogP contribution in [0.5, 0.6) is 0 Å². The van der Waals surface area contributed by atoms with Crippen LogP contribution in [-0.2, 0) is 11.8 Å². The molecule has 3 heterocycles. The van der Waals surface area contributed by atoms with E-state index in [1.54, 1.807) is 19.3 Å². The molecule has 0 radical (unpaired) electrons. The number of nitrogens with zero attached hydrogens (tertiary/aromatic N) is 7. The molecule has 0 aliphatic heterocycles. The lowest BCUT2D eigenvalue weighted by Gasteiger charge is -2.16. The number of alkyl halides is 2. The topological polar surface area (TPSA) is 124 Å². The van der Waals surface area contributed by atoms with Gasteiger partial charge in [-0.25, -0.2) is 14.3 Å². The Kier molecular flexibility index (Phi) is 5.83. The highest BCUT2D eigenvalue weighted by atomic mass is 19.3. The van der Waals surface area contributed by atoms with E-state index in [0.29, 0.717) is 17.2 Å². The van der Waals surface area contributed by atoms with Gasteiger partial charge in [0.25, 0.3) is 0 Å². The molecule has 0 spiro atoms. The monoisotopic (exact) mass is 379 g/mol. The first-order valence-electron chi connectivity index (χ1n) is 7.93. The van der Waals surface area contributed by atoms with Gasteiger partial charge in [-0.15, -0.1) is 5.10 Å². The summed E-state index contributed by atoms with van der Waals surface area (Å²) in [6.07, 6.45) is 4.43. The summed E-state index contributed by atoms with van der Waals surface area (Å²) in [5.74, 6) is 0.496. The molecule has 3 aromatic rings. The molecule has 3 aromatic heterocycles. The van der Waals surface area contributed by atoms with Gasteiger partial charge >= 0.3 is 13.7 Å². The van der Waals surface area contributed by atoms with Crippen LogP contribution in [0.4, 0.5) is 8.78 Å². The molecule has 10 nitrogen and oxygen atoms in total. The van der Waals surface area contributed by atoms with Crippen LogP contribution >= 0.6 is 0 Å². The predicted molar refractivity (Wildman–Crippen MR) is 88.8 cm³/mol. The van der Waals surface area contributed by atoms with Crippen molar-refractivity contribution in [2.75, 3.05) is 6.61 Å². The third-order valence-electron chi connectivity index (χ3n) is 3.85. The van der Waals surface area contributed by atoms with Crippen LogP contribution in [0.2, 0.25) is 0 Å². The van der Waals surface area contributed by atoms with Gasteiger partial charge in [0.05, 0.1) is 24.5 Å². The fraction of sp³-hybridized carbons (Fsp3) is 0.357. The van der Waals surface area contributed by atoms with Gasteiger partial charge in [-0.05, 0) is 12.5 Å². The second-order valence-corrected chi connectivity index (χ2v) is 5.62. The van der Waals surface area contributed by atoms with E-state index in [9.17, 15) is 18.8 Å². The maximum Gasteiger partial charge on any atom is 0.490 e. The van der Waals surface area contributed by atoms with Gasteiger partial charge in [-0.3, -0.25) is 4.98 Å². The van der Waals surface area contributed by atoms with Crippen molar-refractivity contribution in [3.05, 3.63) is 36.5 Å². The Balaban J connectivity index is 1.87. The van der Waals surface area contributed by atoms with Crippen molar-refractivity contribution in [2.24, 2.45) is 7.05 Å². The van der Waals surface area contributed by atoms with E-state index in [1.165, 1.54) is 28.0 Å². The Bertz CT molecular complexity index is 872. The molecule has 1 atom stereocenters. The van der Waals surface area contributed by atoms with Gasteiger partial charge in [0, 0.05) is 18.7 Å². The quantitative estimate of drug-likeness (QED) is 0.496. The molecule has 0 saturated carbocycles. The van der Waals surface area contributed by atoms with Crippen LogP contribution in [-0.4, -0.2) is 65.1 Å². The predicted octanol–water partition coefficient (Wildman–Crippen LogP) is -0.633. The summed E-state index contributed by atoms with van der Waals surface area (Å²) in [6.45, 7) is -3.11. The summed E-state index contributed by atoms with van der Waals surface area (Å²) in [6, 6.07) is 2.49. The third-order valence-corrected chi connectivity index (χ3v) is 3.85. The molecule has 1 unspecified atom stereocenters. The highest BCUT2D eigenvalue weighted by Gasteiger charge is 2.21. The molecular formula is C14H16BF2N7O3. The van der Waals surface area contributed by atoms with Gasteiger partial charge in [-0.2, -0.15) is 13.9 Å². The highest BCUT2D eigenvalue weighted by Crippen LogP contribution is 2.22. The van der Waals surface area contributed by atoms with Gasteiger partial charge in [0.2, 0.25) is 0 Å². The number of pyridine rings is 1. The van der Waals surface area contributed by atoms with Crippen molar-refractivity contribution >= 4 is 12.6 Å². The molecule has 3 rings (SSSR count). The van der Waals surface area contributed by atoms with Crippen molar-refractivity contribution in [2.45, 2.75) is 19.1 Å². The lowest BCUT2D eigenvalue weighted by molar-refractivity contribution is -0.130. The summed E-state index contributed by atoms with van der Waals surface area (Å²) in [5.41, 5.74) is 1.14. The molecule has 2 N–H and O–H groups in total. The summed E-state index contributed by atoms with van der Waals surface area (Å²) in [5, 5.41) is 30.4. The molecule has 0 aromatic carbocycles. The third kappa shape index (κ3) is 4.50. The van der Waals surface area contributed by atoms with Crippen LogP contribution in [0, 0.1) is 0 Å². The lowest BCUT2D eigenvalue weighted by Crippen LogP contribution is -2.30.